The minimum Gasteiger partial charge on any atom is -0.326 e. The monoisotopic (exact) mass is 299 g/mol. The van der Waals surface area contributed by atoms with Gasteiger partial charge in [0.1, 0.15) is 0 Å². The van der Waals surface area contributed by atoms with Crippen molar-refractivity contribution in [2.45, 2.75) is 11.4 Å². The van der Waals surface area contributed by atoms with Gasteiger partial charge in [-0.2, -0.15) is 5.10 Å². The molecule has 2 aromatic rings. The van der Waals surface area contributed by atoms with E-state index in [1.165, 1.54) is 30.6 Å². The van der Waals surface area contributed by atoms with E-state index in [-0.39, 0.29) is 17.4 Å². The summed E-state index contributed by atoms with van der Waals surface area (Å²) in [6, 6.07) is 4.25. The van der Waals surface area contributed by atoms with Crippen molar-refractivity contribution in [3.63, 3.8) is 0 Å². The second kappa shape index (κ2) is 5.47. The van der Waals surface area contributed by atoms with Crippen molar-refractivity contribution >= 4 is 27.6 Å². The normalized spacial score (nSPS) is 11.3. The van der Waals surface area contributed by atoms with Gasteiger partial charge in [-0.25, -0.2) is 18.1 Å². The van der Waals surface area contributed by atoms with Crippen LogP contribution in [0.15, 0.2) is 35.5 Å². The van der Waals surface area contributed by atoms with Gasteiger partial charge in [-0.3, -0.25) is 0 Å². The topological polar surface area (TPSA) is 111 Å². The number of aromatic nitrogens is 3. The van der Waals surface area contributed by atoms with Crippen molar-refractivity contribution in [3.8, 4) is 0 Å². The summed E-state index contributed by atoms with van der Waals surface area (Å²) >= 11 is 5.88. The third-order valence-electron chi connectivity index (χ3n) is 2.26. The van der Waals surface area contributed by atoms with E-state index in [9.17, 15) is 8.42 Å². The molecule has 0 saturated carbocycles. The molecule has 100 valence electrons. The Morgan fingerprint density at radius 2 is 2.11 bits per heavy atom. The quantitative estimate of drug-likeness (QED) is 0.863. The zero-order valence-electron chi connectivity index (χ0n) is 9.62. The fraction of sp³-hybridized carbons (Fsp3) is 0.100. The average Bonchev–Trinajstić information content (AvgIpc) is 2.39. The van der Waals surface area contributed by atoms with E-state index in [2.05, 4.69) is 19.9 Å². The molecule has 1 aromatic carbocycles. The van der Waals surface area contributed by atoms with E-state index in [1.807, 2.05) is 0 Å². The van der Waals surface area contributed by atoms with Crippen LogP contribution >= 0.6 is 11.6 Å². The molecule has 0 atom stereocenters. The Bertz CT molecular complexity index is 678. The van der Waals surface area contributed by atoms with Crippen molar-refractivity contribution in [3.05, 3.63) is 41.2 Å². The van der Waals surface area contributed by atoms with E-state index >= 15 is 0 Å². The van der Waals surface area contributed by atoms with Gasteiger partial charge < -0.3 is 5.73 Å². The van der Waals surface area contributed by atoms with Crippen LogP contribution in [0.5, 0.6) is 0 Å². The van der Waals surface area contributed by atoms with Crippen LogP contribution in [0.4, 0.5) is 5.95 Å². The predicted octanol–water partition coefficient (Wildman–Crippen LogP) is 0.784. The van der Waals surface area contributed by atoms with Crippen LogP contribution in [-0.4, -0.2) is 23.6 Å². The third-order valence-corrected chi connectivity index (χ3v) is 3.95. The van der Waals surface area contributed by atoms with Crippen LogP contribution in [0.1, 0.15) is 5.56 Å². The number of hydrogen-bond acceptors (Lipinski definition) is 6. The lowest BCUT2D eigenvalue weighted by Crippen LogP contribution is -2.15. The lowest BCUT2D eigenvalue weighted by atomic mass is 10.2. The fourth-order valence-corrected chi connectivity index (χ4v) is 2.54. The lowest BCUT2D eigenvalue weighted by molar-refractivity contribution is 0.600. The predicted molar refractivity (Wildman–Crippen MR) is 70.0 cm³/mol. The van der Waals surface area contributed by atoms with Gasteiger partial charge in [-0.05, 0) is 23.8 Å². The Kier molecular flexibility index (Phi) is 3.93. The largest absolute Gasteiger partial charge is 0.326 e. The van der Waals surface area contributed by atoms with Gasteiger partial charge in [0.2, 0.25) is 0 Å². The van der Waals surface area contributed by atoms with E-state index < -0.39 is 10.0 Å². The van der Waals surface area contributed by atoms with Crippen molar-refractivity contribution in [1.29, 1.82) is 0 Å². The fourth-order valence-electron chi connectivity index (χ4n) is 1.35. The smallest absolute Gasteiger partial charge is 0.264 e. The van der Waals surface area contributed by atoms with Gasteiger partial charge in [0, 0.05) is 11.6 Å². The summed E-state index contributed by atoms with van der Waals surface area (Å²) in [5.41, 5.74) is 6.02. The molecular formula is C10H10ClN5O2S. The van der Waals surface area contributed by atoms with Crippen molar-refractivity contribution in [2.75, 3.05) is 4.72 Å². The van der Waals surface area contributed by atoms with E-state index in [1.54, 1.807) is 0 Å². The Morgan fingerprint density at radius 3 is 2.74 bits per heavy atom. The average molecular weight is 300 g/mol. The number of anilines is 1. The standard InChI is InChI=1S/C10H10ClN5O2S/c11-9-2-1-8(5-7(9)6-12)19(17,18)16-10-13-3-4-14-15-10/h1-5H,6,12H2,(H,13,15,16). The number of halogens is 1. The summed E-state index contributed by atoms with van der Waals surface area (Å²) in [6.07, 6.45) is 2.67. The Hall–Kier alpha value is -1.77. The molecule has 0 amide bonds. The second-order valence-corrected chi connectivity index (χ2v) is 5.62. The highest BCUT2D eigenvalue weighted by Gasteiger charge is 2.17. The van der Waals surface area contributed by atoms with Gasteiger partial charge in [0.25, 0.3) is 16.0 Å². The molecule has 1 heterocycles. The second-order valence-electron chi connectivity index (χ2n) is 3.53. The Balaban J connectivity index is 2.35. The van der Waals surface area contributed by atoms with Crippen molar-refractivity contribution in [2.24, 2.45) is 5.73 Å². The molecule has 0 aliphatic heterocycles. The van der Waals surface area contributed by atoms with Gasteiger partial charge >= 0.3 is 0 Å². The molecule has 9 heteroatoms. The van der Waals surface area contributed by atoms with Crippen LogP contribution in [0, 0.1) is 0 Å². The molecule has 2 rings (SSSR count). The minimum absolute atomic E-state index is 0.0322. The maximum atomic E-state index is 12.1. The van der Waals surface area contributed by atoms with E-state index in [0.717, 1.165) is 0 Å². The molecule has 0 fully saturated rings. The van der Waals surface area contributed by atoms with Crippen LogP contribution in [0.25, 0.3) is 0 Å². The molecule has 0 aliphatic rings. The molecular weight excluding hydrogens is 290 g/mol. The first-order valence-electron chi connectivity index (χ1n) is 5.18. The molecule has 0 spiro atoms. The molecule has 0 unspecified atom stereocenters. The zero-order valence-corrected chi connectivity index (χ0v) is 11.2. The van der Waals surface area contributed by atoms with E-state index in [4.69, 9.17) is 17.3 Å². The van der Waals surface area contributed by atoms with Gasteiger partial charge in [0.05, 0.1) is 17.3 Å². The molecule has 0 aliphatic carbocycles. The van der Waals surface area contributed by atoms with E-state index in [0.29, 0.717) is 10.6 Å². The van der Waals surface area contributed by atoms with Gasteiger partial charge in [-0.1, -0.05) is 11.6 Å². The number of benzene rings is 1. The molecule has 3 N–H and O–H groups in total. The first kappa shape index (κ1) is 13.7. The first-order valence-corrected chi connectivity index (χ1v) is 7.04. The molecule has 0 bridgehead atoms. The highest BCUT2D eigenvalue weighted by molar-refractivity contribution is 7.92. The zero-order chi connectivity index (χ0) is 13.9. The molecule has 1 aromatic heterocycles. The maximum Gasteiger partial charge on any atom is 0.264 e. The summed E-state index contributed by atoms with van der Waals surface area (Å²) < 4.78 is 26.4. The molecule has 19 heavy (non-hydrogen) atoms. The Morgan fingerprint density at radius 1 is 1.32 bits per heavy atom. The van der Waals surface area contributed by atoms with Gasteiger partial charge in [-0.15, -0.1) is 5.10 Å². The van der Waals surface area contributed by atoms with Gasteiger partial charge in [0.15, 0.2) is 0 Å². The maximum absolute atomic E-state index is 12.1. The SMILES string of the molecule is NCc1cc(S(=O)(=O)Nc2nccnn2)ccc1Cl. The summed E-state index contributed by atoms with van der Waals surface area (Å²) in [5.74, 6) is -0.105. The van der Waals surface area contributed by atoms with Crippen LogP contribution < -0.4 is 10.5 Å². The number of sulfonamides is 1. The van der Waals surface area contributed by atoms with Crippen molar-refractivity contribution in [1.82, 2.24) is 15.2 Å². The molecule has 0 radical (unpaired) electrons. The van der Waals surface area contributed by atoms with Crippen LogP contribution in [-0.2, 0) is 16.6 Å². The Labute approximate surface area is 114 Å². The minimum atomic E-state index is -3.79. The number of nitrogens with one attached hydrogen (secondary N) is 1. The number of nitrogens with zero attached hydrogens (tertiary/aromatic N) is 3. The summed E-state index contributed by atoms with van der Waals surface area (Å²) in [6.45, 7) is 0.144. The first-order chi connectivity index (χ1) is 9.03. The number of nitrogens with two attached hydrogens (primary N) is 1. The molecule has 0 saturated heterocycles. The van der Waals surface area contributed by atoms with Crippen LogP contribution in [0.2, 0.25) is 5.02 Å². The summed E-state index contributed by atoms with van der Waals surface area (Å²) in [5, 5.41) is 7.49. The summed E-state index contributed by atoms with van der Waals surface area (Å²) in [7, 11) is -3.79. The molecule has 7 nitrogen and oxygen atoms in total. The number of rotatable bonds is 4. The highest BCUT2D eigenvalue weighted by Crippen LogP contribution is 2.21. The van der Waals surface area contributed by atoms with Crippen molar-refractivity contribution < 1.29 is 8.42 Å². The number of hydrogen-bond donors (Lipinski definition) is 2. The highest BCUT2D eigenvalue weighted by atomic mass is 35.5. The summed E-state index contributed by atoms with van der Waals surface area (Å²) in [4.78, 5) is 3.77. The van der Waals surface area contributed by atoms with Crippen LogP contribution in [0.3, 0.4) is 0 Å². The third kappa shape index (κ3) is 3.16. The lowest BCUT2D eigenvalue weighted by Gasteiger charge is -2.08.